The van der Waals surface area contributed by atoms with Crippen LogP contribution in [0.5, 0.6) is 0 Å². The van der Waals surface area contributed by atoms with Crippen LogP contribution in [0, 0.1) is 11.6 Å². The number of amides is 1. The van der Waals surface area contributed by atoms with Gasteiger partial charge in [-0.15, -0.1) is 0 Å². The van der Waals surface area contributed by atoms with Crippen molar-refractivity contribution in [1.29, 1.82) is 0 Å². The normalized spacial score (nSPS) is 15.7. The summed E-state index contributed by atoms with van der Waals surface area (Å²) in [4.78, 5) is 12.4. The Bertz CT molecular complexity index is 651. The number of hydrogen-bond acceptors (Lipinski definition) is 1. The molecule has 0 aromatic heterocycles. The highest BCUT2D eigenvalue weighted by Gasteiger charge is 2.51. The number of halogens is 2. The summed E-state index contributed by atoms with van der Waals surface area (Å²) in [6, 6.07) is 12.6. The molecule has 102 valence electrons. The van der Waals surface area contributed by atoms with Gasteiger partial charge in [0.1, 0.15) is 11.6 Å². The first kappa shape index (κ1) is 12.8. The molecule has 1 fully saturated rings. The van der Waals surface area contributed by atoms with Crippen molar-refractivity contribution in [3.8, 4) is 0 Å². The summed E-state index contributed by atoms with van der Waals surface area (Å²) in [5, 5.41) is 2.56. The molecule has 4 heteroatoms. The van der Waals surface area contributed by atoms with E-state index in [-0.39, 0.29) is 11.6 Å². The molecule has 0 atom stereocenters. The Labute approximate surface area is 115 Å². The smallest absolute Gasteiger partial charge is 0.235 e. The number of rotatable bonds is 3. The van der Waals surface area contributed by atoms with E-state index in [1.807, 2.05) is 30.3 Å². The van der Waals surface area contributed by atoms with Crippen LogP contribution < -0.4 is 5.32 Å². The zero-order valence-electron chi connectivity index (χ0n) is 10.7. The van der Waals surface area contributed by atoms with Gasteiger partial charge in [0.15, 0.2) is 0 Å². The molecular formula is C16H13F2NO. The van der Waals surface area contributed by atoms with Crippen LogP contribution in [0.2, 0.25) is 0 Å². The van der Waals surface area contributed by atoms with E-state index < -0.39 is 17.0 Å². The van der Waals surface area contributed by atoms with Crippen molar-refractivity contribution in [1.82, 2.24) is 0 Å². The third-order valence-corrected chi connectivity index (χ3v) is 3.69. The number of carbonyl (C=O) groups is 1. The number of anilines is 1. The SMILES string of the molecule is O=C(Nc1ccc(F)cc1F)C1(c2ccccc2)CC1. The number of hydrogen-bond donors (Lipinski definition) is 1. The minimum atomic E-state index is -0.762. The highest BCUT2D eigenvalue weighted by atomic mass is 19.1. The van der Waals surface area contributed by atoms with Crippen LogP contribution >= 0.6 is 0 Å². The second kappa shape index (κ2) is 4.71. The van der Waals surface area contributed by atoms with Crippen molar-refractivity contribution in [2.75, 3.05) is 5.32 Å². The molecule has 0 spiro atoms. The number of carbonyl (C=O) groups excluding carboxylic acids is 1. The van der Waals surface area contributed by atoms with Gasteiger partial charge in [-0.2, -0.15) is 0 Å². The molecule has 0 bridgehead atoms. The van der Waals surface area contributed by atoms with Crippen LogP contribution in [0.25, 0.3) is 0 Å². The predicted molar refractivity (Wildman–Crippen MR) is 72.3 cm³/mol. The zero-order chi connectivity index (χ0) is 14.2. The second-order valence-electron chi connectivity index (χ2n) is 5.03. The Morgan fingerprint density at radius 3 is 2.35 bits per heavy atom. The Kier molecular flexibility index (Phi) is 3.01. The third-order valence-electron chi connectivity index (χ3n) is 3.69. The van der Waals surface area contributed by atoms with Gasteiger partial charge in [-0.25, -0.2) is 8.78 Å². The van der Waals surface area contributed by atoms with Crippen LogP contribution in [-0.2, 0) is 10.2 Å². The summed E-state index contributed by atoms with van der Waals surface area (Å²) in [5.41, 5.74) is 0.376. The van der Waals surface area contributed by atoms with Gasteiger partial charge in [0.25, 0.3) is 0 Å². The molecule has 1 amide bonds. The molecule has 20 heavy (non-hydrogen) atoms. The van der Waals surface area contributed by atoms with E-state index in [0.717, 1.165) is 30.5 Å². The first-order valence-corrected chi connectivity index (χ1v) is 6.44. The summed E-state index contributed by atoms with van der Waals surface area (Å²) < 4.78 is 26.4. The van der Waals surface area contributed by atoms with Gasteiger partial charge in [0, 0.05) is 6.07 Å². The lowest BCUT2D eigenvalue weighted by Crippen LogP contribution is -2.28. The van der Waals surface area contributed by atoms with Crippen LogP contribution in [0.3, 0.4) is 0 Å². The molecule has 0 heterocycles. The van der Waals surface area contributed by atoms with Crippen molar-refractivity contribution < 1.29 is 13.6 Å². The molecule has 2 aromatic rings. The molecule has 1 aliphatic rings. The average Bonchev–Trinajstić information content (AvgIpc) is 3.24. The Balaban J connectivity index is 1.83. The lowest BCUT2D eigenvalue weighted by atomic mass is 9.95. The second-order valence-corrected chi connectivity index (χ2v) is 5.03. The summed E-state index contributed by atoms with van der Waals surface area (Å²) in [6.45, 7) is 0. The molecule has 1 saturated carbocycles. The molecule has 0 radical (unpaired) electrons. The standard InChI is InChI=1S/C16H13F2NO/c17-12-6-7-14(13(18)10-12)19-15(20)16(8-9-16)11-4-2-1-3-5-11/h1-7,10H,8-9H2,(H,19,20). The highest BCUT2D eigenvalue weighted by molar-refractivity contribution is 6.01. The summed E-state index contributed by atoms with van der Waals surface area (Å²) in [6.07, 6.45) is 1.48. The minimum Gasteiger partial charge on any atom is -0.323 e. The van der Waals surface area contributed by atoms with Crippen LogP contribution in [0.4, 0.5) is 14.5 Å². The van der Waals surface area contributed by atoms with Gasteiger partial charge in [-0.05, 0) is 30.5 Å². The number of benzene rings is 2. The minimum absolute atomic E-state index is 0.0126. The maximum atomic E-state index is 13.6. The van der Waals surface area contributed by atoms with E-state index in [4.69, 9.17) is 0 Å². The van der Waals surface area contributed by atoms with Gasteiger partial charge in [0.2, 0.25) is 5.91 Å². The maximum absolute atomic E-state index is 13.6. The molecule has 0 saturated heterocycles. The lowest BCUT2D eigenvalue weighted by Gasteiger charge is -2.16. The van der Waals surface area contributed by atoms with E-state index in [1.54, 1.807) is 0 Å². The van der Waals surface area contributed by atoms with Crippen molar-refractivity contribution >= 4 is 11.6 Å². The summed E-state index contributed by atoms with van der Waals surface area (Å²) in [5.74, 6) is -1.67. The molecule has 2 aromatic carbocycles. The van der Waals surface area contributed by atoms with Gasteiger partial charge in [-0.1, -0.05) is 30.3 Å². The largest absolute Gasteiger partial charge is 0.323 e. The van der Waals surface area contributed by atoms with Crippen molar-refractivity contribution in [3.63, 3.8) is 0 Å². The molecule has 2 nitrogen and oxygen atoms in total. The molecule has 1 aliphatic carbocycles. The van der Waals surface area contributed by atoms with Crippen molar-refractivity contribution in [2.45, 2.75) is 18.3 Å². The van der Waals surface area contributed by atoms with E-state index in [2.05, 4.69) is 5.32 Å². The average molecular weight is 273 g/mol. The van der Waals surface area contributed by atoms with Crippen LogP contribution in [0.1, 0.15) is 18.4 Å². The van der Waals surface area contributed by atoms with Crippen molar-refractivity contribution in [2.24, 2.45) is 0 Å². The van der Waals surface area contributed by atoms with Crippen LogP contribution in [-0.4, -0.2) is 5.91 Å². The quantitative estimate of drug-likeness (QED) is 0.909. The first-order valence-electron chi connectivity index (χ1n) is 6.44. The van der Waals surface area contributed by atoms with E-state index >= 15 is 0 Å². The summed E-state index contributed by atoms with van der Waals surface area (Å²) >= 11 is 0. The maximum Gasteiger partial charge on any atom is 0.235 e. The first-order chi connectivity index (χ1) is 9.62. The fourth-order valence-corrected chi connectivity index (χ4v) is 2.36. The third kappa shape index (κ3) is 2.18. The highest BCUT2D eigenvalue weighted by Crippen LogP contribution is 2.48. The Morgan fingerprint density at radius 1 is 1.05 bits per heavy atom. The van der Waals surface area contributed by atoms with E-state index in [0.29, 0.717) is 0 Å². The predicted octanol–water partition coefficient (Wildman–Crippen LogP) is 3.64. The van der Waals surface area contributed by atoms with Gasteiger partial charge >= 0.3 is 0 Å². The molecule has 0 unspecified atom stereocenters. The van der Waals surface area contributed by atoms with Gasteiger partial charge in [0.05, 0.1) is 11.1 Å². The monoisotopic (exact) mass is 273 g/mol. The van der Waals surface area contributed by atoms with E-state index in [9.17, 15) is 13.6 Å². The Morgan fingerprint density at radius 2 is 1.75 bits per heavy atom. The van der Waals surface area contributed by atoms with Gasteiger partial charge < -0.3 is 5.32 Å². The zero-order valence-corrected chi connectivity index (χ0v) is 10.7. The fourth-order valence-electron chi connectivity index (χ4n) is 2.36. The fraction of sp³-hybridized carbons (Fsp3) is 0.188. The van der Waals surface area contributed by atoms with Gasteiger partial charge in [-0.3, -0.25) is 4.79 Å². The van der Waals surface area contributed by atoms with E-state index in [1.165, 1.54) is 6.07 Å². The molecular weight excluding hydrogens is 260 g/mol. The Hall–Kier alpha value is -2.23. The topological polar surface area (TPSA) is 29.1 Å². The number of nitrogens with one attached hydrogen (secondary N) is 1. The molecule has 0 aliphatic heterocycles. The molecule has 1 N–H and O–H groups in total. The molecule has 3 rings (SSSR count). The summed E-state index contributed by atoms with van der Waals surface area (Å²) in [7, 11) is 0. The van der Waals surface area contributed by atoms with Crippen LogP contribution in [0.15, 0.2) is 48.5 Å². The lowest BCUT2D eigenvalue weighted by molar-refractivity contribution is -0.118. The van der Waals surface area contributed by atoms with Crippen molar-refractivity contribution in [3.05, 3.63) is 65.7 Å².